The zero-order valence-electron chi connectivity index (χ0n) is 12.1. The fourth-order valence-corrected chi connectivity index (χ4v) is 3.05. The van der Waals surface area contributed by atoms with Crippen LogP contribution in [0.1, 0.15) is 4.88 Å². The number of carbonyl (C=O) groups excluding carboxylic acids is 2. The highest BCUT2D eigenvalue weighted by Crippen LogP contribution is 2.19. The van der Waals surface area contributed by atoms with Crippen molar-refractivity contribution in [2.75, 3.05) is 24.5 Å². The minimum absolute atomic E-state index is 0.105. The third-order valence-corrected chi connectivity index (χ3v) is 4.41. The molecular formula is C16H17N3O2S. The Labute approximate surface area is 133 Å². The third-order valence-electron chi connectivity index (χ3n) is 3.54. The van der Waals surface area contributed by atoms with Crippen LogP contribution in [0.2, 0.25) is 0 Å². The van der Waals surface area contributed by atoms with Crippen LogP contribution in [0.25, 0.3) is 0 Å². The van der Waals surface area contributed by atoms with Crippen molar-refractivity contribution in [3.63, 3.8) is 0 Å². The lowest BCUT2D eigenvalue weighted by molar-refractivity contribution is -0.121. The molecular weight excluding hydrogens is 298 g/mol. The molecule has 2 heterocycles. The third kappa shape index (κ3) is 3.28. The van der Waals surface area contributed by atoms with E-state index in [2.05, 4.69) is 5.32 Å². The quantitative estimate of drug-likeness (QED) is 0.920. The van der Waals surface area contributed by atoms with Gasteiger partial charge in [0.1, 0.15) is 6.54 Å². The molecule has 0 bridgehead atoms. The number of para-hydroxylation sites is 1. The minimum Gasteiger partial charge on any atom is -0.350 e. The van der Waals surface area contributed by atoms with Gasteiger partial charge in [0.25, 0.3) is 0 Å². The van der Waals surface area contributed by atoms with Gasteiger partial charge in [-0.3, -0.25) is 9.69 Å². The number of nitrogens with zero attached hydrogens (tertiary/aromatic N) is 2. The molecule has 1 aromatic heterocycles. The van der Waals surface area contributed by atoms with Crippen LogP contribution in [0.15, 0.2) is 47.8 Å². The second-order valence-electron chi connectivity index (χ2n) is 5.05. The van der Waals surface area contributed by atoms with Crippen molar-refractivity contribution in [2.45, 2.75) is 6.54 Å². The van der Waals surface area contributed by atoms with E-state index in [1.807, 2.05) is 47.8 Å². The Bertz CT molecular complexity index is 643. The van der Waals surface area contributed by atoms with Crippen LogP contribution in [0.3, 0.4) is 0 Å². The van der Waals surface area contributed by atoms with Gasteiger partial charge in [-0.1, -0.05) is 24.3 Å². The largest absolute Gasteiger partial charge is 0.350 e. The van der Waals surface area contributed by atoms with Gasteiger partial charge < -0.3 is 10.2 Å². The summed E-state index contributed by atoms with van der Waals surface area (Å²) in [4.78, 5) is 28.7. The van der Waals surface area contributed by atoms with Gasteiger partial charge in [0, 0.05) is 23.7 Å². The van der Waals surface area contributed by atoms with E-state index in [-0.39, 0.29) is 18.5 Å². The molecule has 5 nitrogen and oxygen atoms in total. The SMILES string of the molecule is O=C(CN1CCN(c2ccccc2)C1=O)NCc1cccs1. The smallest absolute Gasteiger partial charge is 0.325 e. The van der Waals surface area contributed by atoms with E-state index in [0.29, 0.717) is 19.6 Å². The highest BCUT2D eigenvalue weighted by Gasteiger charge is 2.30. The average molecular weight is 315 g/mol. The summed E-state index contributed by atoms with van der Waals surface area (Å²) in [5.41, 5.74) is 0.869. The normalized spacial score (nSPS) is 14.5. The maximum absolute atomic E-state index is 12.3. The summed E-state index contributed by atoms with van der Waals surface area (Å²) in [5, 5.41) is 4.82. The molecule has 22 heavy (non-hydrogen) atoms. The van der Waals surface area contributed by atoms with Crippen LogP contribution in [-0.4, -0.2) is 36.5 Å². The number of anilines is 1. The average Bonchev–Trinajstić information content (AvgIpc) is 3.17. The molecule has 1 aromatic carbocycles. The topological polar surface area (TPSA) is 52.7 Å². The molecule has 0 radical (unpaired) electrons. The van der Waals surface area contributed by atoms with Gasteiger partial charge in [-0.2, -0.15) is 0 Å². The number of amides is 3. The maximum Gasteiger partial charge on any atom is 0.325 e. The summed E-state index contributed by atoms with van der Waals surface area (Å²) >= 11 is 1.60. The first-order valence-electron chi connectivity index (χ1n) is 7.14. The molecule has 1 N–H and O–H groups in total. The summed E-state index contributed by atoms with van der Waals surface area (Å²) in [5.74, 6) is -0.128. The highest BCUT2D eigenvalue weighted by molar-refractivity contribution is 7.09. The molecule has 0 saturated carbocycles. The molecule has 0 atom stereocenters. The summed E-state index contributed by atoms with van der Waals surface area (Å²) in [6, 6.07) is 13.3. The van der Waals surface area contributed by atoms with Crippen molar-refractivity contribution in [1.82, 2.24) is 10.2 Å². The second kappa shape index (κ2) is 6.62. The lowest BCUT2D eigenvalue weighted by atomic mass is 10.3. The maximum atomic E-state index is 12.3. The number of benzene rings is 1. The van der Waals surface area contributed by atoms with E-state index in [1.54, 1.807) is 21.1 Å². The first-order valence-corrected chi connectivity index (χ1v) is 8.02. The zero-order valence-corrected chi connectivity index (χ0v) is 12.9. The fourth-order valence-electron chi connectivity index (χ4n) is 2.40. The highest BCUT2D eigenvalue weighted by atomic mass is 32.1. The number of rotatable bonds is 5. The molecule has 6 heteroatoms. The van der Waals surface area contributed by atoms with Gasteiger partial charge in [-0.05, 0) is 23.6 Å². The van der Waals surface area contributed by atoms with Crippen molar-refractivity contribution in [1.29, 1.82) is 0 Å². The molecule has 3 rings (SSSR count). The summed E-state index contributed by atoms with van der Waals surface area (Å²) in [6.07, 6.45) is 0. The fraction of sp³-hybridized carbons (Fsp3) is 0.250. The van der Waals surface area contributed by atoms with Gasteiger partial charge in [0.2, 0.25) is 5.91 Å². The molecule has 1 aliphatic rings. The molecule has 1 saturated heterocycles. The van der Waals surface area contributed by atoms with Crippen molar-refractivity contribution in [3.05, 3.63) is 52.7 Å². The number of nitrogens with one attached hydrogen (secondary N) is 1. The lowest BCUT2D eigenvalue weighted by Crippen LogP contribution is -2.39. The molecule has 3 amide bonds. The Morgan fingerprint density at radius 1 is 1.14 bits per heavy atom. The van der Waals surface area contributed by atoms with E-state index in [0.717, 1.165) is 10.6 Å². The van der Waals surface area contributed by atoms with Gasteiger partial charge >= 0.3 is 6.03 Å². The Balaban J connectivity index is 1.53. The Morgan fingerprint density at radius 2 is 1.95 bits per heavy atom. The minimum atomic E-state index is -0.128. The van der Waals surface area contributed by atoms with Crippen LogP contribution in [0, 0.1) is 0 Å². The zero-order chi connectivity index (χ0) is 15.4. The lowest BCUT2D eigenvalue weighted by Gasteiger charge is -2.18. The predicted molar refractivity (Wildman–Crippen MR) is 86.9 cm³/mol. The van der Waals surface area contributed by atoms with Crippen molar-refractivity contribution in [2.24, 2.45) is 0 Å². The summed E-state index contributed by atoms with van der Waals surface area (Å²) in [6.45, 7) is 1.80. The van der Waals surface area contributed by atoms with Crippen molar-refractivity contribution >= 4 is 29.0 Å². The first-order chi connectivity index (χ1) is 10.7. The van der Waals surface area contributed by atoms with Gasteiger partial charge in [0.05, 0.1) is 6.54 Å². The Morgan fingerprint density at radius 3 is 2.68 bits per heavy atom. The molecule has 2 aromatic rings. The van der Waals surface area contributed by atoms with E-state index in [4.69, 9.17) is 0 Å². The molecule has 1 fully saturated rings. The molecule has 0 aliphatic carbocycles. The van der Waals surface area contributed by atoms with Gasteiger partial charge in [0.15, 0.2) is 0 Å². The summed E-state index contributed by atoms with van der Waals surface area (Å²) < 4.78 is 0. The van der Waals surface area contributed by atoms with Gasteiger partial charge in [-0.25, -0.2) is 4.79 Å². The molecule has 114 valence electrons. The number of hydrogen-bond donors (Lipinski definition) is 1. The van der Waals surface area contributed by atoms with Crippen molar-refractivity contribution < 1.29 is 9.59 Å². The van der Waals surface area contributed by atoms with Crippen LogP contribution in [-0.2, 0) is 11.3 Å². The molecule has 0 unspecified atom stereocenters. The number of carbonyl (C=O) groups is 2. The first kappa shape index (κ1) is 14.6. The molecule has 1 aliphatic heterocycles. The van der Waals surface area contributed by atoms with E-state index < -0.39 is 0 Å². The Kier molecular flexibility index (Phi) is 4.39. The standard InChI is InChI=1S/C16H17N3O2S/c20-15(17-11-14-7-4-10-22-14)12-18-8-9-19(16(18)21)13-5-2-1-3-6-13/h1-7,10H,8-9,11-12H2,(H,17,20). The number of thiophene rings is 1. The van der Waals surface area contributed by atoms with Crippen molar-refractivity contribution in [3.8, 4) is 0 Å². The van der Waals surface area contributed by atoms with E-state index in [1.165, 1.54) is 0 Å². The monoisotopic (exact) mass is 315 g/mol. The number of urea groups is 1. The van der Waals surface area contributed by atoms with E-state index in [9.17, 15) is 9.59 Å². The summed E-state index contributed by atoms with van der Waals surface area (Å²) in [7, 11) is 0. The van der Waals surface area contributed by atoms with E-state index >= 15 is 0 Å². The molecule has 0 spiro atoms. The van der Waals surface area contributed by atoms with Crippen LogP contribution < -0.4 is 10.2 Å². The number of hydrogen-bond acceptors (Lipinski definition) is 3. The Hall–Kier alpha value is -2.34. The van der Waals surface area contributed by atoms with Crippen LogP contribution in [0.4, 0.5) is 10.5 Å². The predicted octanol–water partition coefficient (Wildman–Crippen LogP) is 2.31. The van der Waals surface area contributed by atoms with Crippen LogP contribution >= 0.6 is 11.3 Å². The van der Waals surface area contributed by atoms with Gasteiger partial charge in [-0.15, -0.1) is 11.3 Å². The second-order valence-corrected chi connectivity index (χ2v) is 6.08. The van der Waals surface area contributed by atoms with Crippen LogP contribution in [0.5, 0.6) is 0 Å².